The maximum absolute atomic E-state index is 6.12. The molecule has 0 radical (unpaired) electrons. The predicted molar refractivity (Wildman–Crippen MR) is 129 cm³/mol. The number of fused-ring (bicyclic) bond motifs is 2. The van der Waals surface area contributed by atoms with E-state index in [-0.39, 0.29) is 6.04 Å². The third kappa shape index (κ3) is 4.69. The fourth-order valence-corrected chi connectivity index (χ4v) is 4.36. The highest BCUT2D eigenvalue weighted by Gasteiger charge is 2.21. The summed E-state index contributed by atoms with van der Waals surface area (Å²) in [5.41, 5.74) is 5.93. The fourth-order valence-electron chi connectivity index (χ4n) is 4.36. The first-order valence-corrected chi connectivity index (χ1v) is 11.4. The summed E-state index contributed by atoms with van der Waals surface area (Å²) in [6.45, 7) is 4.71. The van der Waals surface area contributed by atoms with Crippen LogP contribution < -0.4 is 24.3 Å². The van der Waals surface area contributed by atoms with E-state index in [0.29, 0.717) is 19.8 Å². The monoisotopic (exact) mass is 443 g/mol. The predicted octanol–water partition coefficient (Wildman–Crippen LogP) is 5.25. The molecule has 5 nitrogen and oxygen atoms in total. The molecule has 33 heavy (non-hydrogen) atoms. The first kappa shape index (κ1) is 21.4. The minimum Gasteiger partial charge on any atom is -0.493 e. The molecule has 0 aliphatic carbocycles. The summed E-state index contributed by atoms with van der Waals surface area (Å²) in [5.74, 6) is 3.17. The Kier molecular flexibility index (Phi) is 6.22. The second kappa shape index (κ2) is 9.59. The quantitative estimate of drug-likeness (QED) is 0.564. The fraction of sp³-hybridized carbons (Fsp3) is 0.286. The largest absolute Gasteiger partial charge is 0.493 e. The van der Waals surface area contributed by atoms with E-state index in [1.54, 1.807) is 7.11 Å². The number of aryl methyl sites for hydroxylation is 1. The Morgan fingerprint density at radius 1 is 1.00 bits per heavy atom. The van der Waals surface area contributed by atoms with Gasteiger partial charge < -0.3 is 24.3 Å². The third-order valence-corrected chi connectivity index (χ3v) is 6.16. The summed E-state index contributed by atoms with van der Waals surface area (Å²) in [5, 5.41) is 3.62. The van der Waals surface area contributed by atoms with Crippen LogP contribution in [0.25, 0.3) is 6.08 Å². The molecule has 2 heterocycles. The van der Waals surface area contributed by atoms with Crippen molar-refractivity contribution >= 4 is 6.08 Å². The minimum atomic E-state index is 0.0958. The van der Waals surface area contributed by atoms with Crippen molar-refractivity contribution in [3.05, 3.63) is 88.5 Å². The molecule has 0 spiro atoms. The molecule has 0 bridgehead atoms. The summed E-state index contributed by atoms with van der Waals surface area (Å²) in [4.78, 5) is 0. The Labute approximate surface area is 194 Å². The molecule has 1 N–H and O–H groups in total. The zero-order valence-corrected chi connectivity index (χ0v) is 19.1. The van der Waals surface area contributed by atoms with Gasteiger partial charge >= 0.3 is 0 Å². The van der Waals surface area contributed by atoms with Crippen LogP contribution in [0, 0.1) is 6.92 Å². The highest BCUT2D eigenvalue weighted by atomic mass is 16.6. The molecule has 1 unspecified atom stereocenters. The molecule has 0 amide bonds. The third-order valence-electron chi connectivity index (χ3n) is 6.16. The Bertz CT molecular complexity index is 1160. The maximum Gasteiger partial charge on any atom is 0.161 e. The maximum atomic E-state index is 6.12. The molecule has 5 heteroatoms. The summed E-state index contributed by atoms with van der Waals surface area (Å²) < 4.78 is 23.3. The molecule has 3 aromatic rings. The van der Waals surface area contributed by atoms with E-state index in [9.17, 15) is 0 Å². The van der Waals surface area contributed by atoms with E-state index in [1.165, 1.54) is 11.1 Å². The van der Waals surface area contributed by atoms with Crippen LogP contribution in [-0.2, 0) is 13.0 Å². The Morgan fingerprint density at radius 2 is 1.79 bits per heavy atom. The van der Waals surface area contributed by atoms with E-state index in [4.69, 9.17) is 18.9 Å². The number of ether oxygens (including phenoxy) is 4. The molecule has 2 aliphatic rings. The highest BCUT2D eigenvalue weighted by molar-refractivity contribution is 5.61. The molecule has 170 valence electrons. The van der Waals surface area contributed by atoms with Crippen LogP contribution in [0.15, 0.2) is 60.7 Å². The van der Waals surface area contributed by atoms with Crippen molar-refractivity contribution in [2.75, 3.05) is 26.9 Å². The van der Waals surface area contributed by atoms with Crippen molar-refractivity contribution in [3.63, 3.8) is 0 Å². The van der Waals surface area contributed by atoms with Gasteiger partial charge in [-0.3, -0.25) is 0 Å². The summed E-state index contributed by atoms with van der Waals surface area (Å²) in [6.07, 6.45) is 5.32. The molecule has 0 fully saturated rings. The van der Waals surface area contributed by atoms with Crippen LogP contribution in [0.4, 0.5) is 0 Å². The molecular formula is C28H29NO4. The van der Waals surface area contributed by atoms with Crippen molar-refractivity contribution < 1.29 is 18.9 Å². The van der Waals surface area contributed by atoms with Gasteiger partial charge in [0.2, 0.25) is 0 Å². The Balaban J connectivity index is 1.38. The zero-order valence-electron chi connectivity index (χ0n) is 19.1. The van der Waals surface area contributed by atoms with E-state index >= 15 is 0 Å². The molecule has 0 saturated heterocycles. The van der Waals surface area contributed by atoms with Gasteiger partial charge in [0.25, 0.3) is 0 Å². The topological polar surface area (TPSA) is 49.0 Å². The lowest BCUT2D eigenvalue weighted by Gasteiger charge is -2.26. The molecule has 1 atom stereocenters. The van der Waals surface area contributed by atoms with Crippen molar-refractivity contribution in [2.45, 2.75) is 26.0 Å². The number of benzene rings is 3. The molecular weight excluding hydrogens is 414 g/mol. The van der Waals surface area contributed by atoms with Crippen LogP contribution >= 0.6 is 0 Å². The highest BCUT2D eigenvalue weighted by Crippen LogP contribution is 2.37. The van der Waals surface area contributed by atoms with Crippen molar-refractivity contribution in [3.8, 4) is 23.0 Å². The molecule has 3 aromatic carbocycles. The summed E-state index contributed by atoms with van der Waals surface area (Å²) in [6, 6.07) is 18.6. The number of hydrogen-bond donors (Lipinski definition) is 1. The Hall–Kier alpha value is -3.44. The second-order valence-corrected chi connectivity index (χ2v) is 8.37. The lowest BCUT2D eigenvalue weighted by molar-refractivity contribution is 0.171. The van der Waals surface area contributed by atoms with Crippen LogP contribution in [0.3, 0.4) is 0 Å². The lowest BCUT2D eigenvalue weighted by Crippen LogP contribution is -2.28. The Morgan fingerprint density at radius 3 is 2.58 bits per heavy atom. The van der Waals surface area contributed by atoms with Gasteiger partial charge in [-0.15, -0.1) is 0 Å². The van der Waals surface area contributed by atoms with Crippen molar-refractivity contribution in [1.29, 1.82) is 0 Å². The second-order valence-electron chi connectivity index (χ2n) is 8.37. The summed E-state index contributed by atoms with van der Waals surface area (Å²) in [7, 11) is 1.69. The van der Waals surface area contributed by atoms with E-state index in [2.05, 4.69) is 60.8 Å². The van der Waals surface area contributed by atoms with E-state index < -0.39 is 0 Å². The van der Waals surface area contributed by atoms with Gasteiger partial charge in [-0.1, -0.05) is 42.5 Å². The zero-order chi connectivity index (χ0) is 22.6. The van der Waals surface area contributed by atoms with Gasteiger partial charge in [-0.05, 0) is 65.4 Å². The van der Waals surface area contributed by atoms with Crippen molar-refractivity contribution in [1.82, 2.24) is 5.32 Å². The van der Waals surface area contributed by atoms with Gasteiger partial charge in [0.1, 0.15) is 19.8 Å². The van der Waals surface area contributed by atoms with E-state index in [0.717, 1.165) is 52.7 Å². The van der Waals surface area contributed by atoms with Gasteiger partial charge in [-0.25, -0.2) is 0 Å². The first-order chi connectivity index (χ1) is 16.2. The lowest BCUT2D eigenvalue weighted by atomic mass is 9.92. The SMILES string of the molecule is COc1cc2c(cc1OCc1ccccc1)CCNC2C=Cc1cc2c(cc1C)OCCO2. The van der Waals surface area contributed by atoms with Crippen LogP contribution in [0.2, 0.25) is 0 Å². The average molecular weight is 444 g/mol. The van der Waals surface area contributed by atoms with E-state index in [1.807, 2.05) is 18.2 Å². The smallest absolute Gasteiger partial charge is 0.161 e. The first-order valence-electron chi connectivity index (χ1n) is 11.4. The molecule has 5 rings (SSSR count). The minimum absolute atomic E-state index is 0.0958. The normalized spacial score (nSPS) is 17.0. The van der Waals surface area contributed by atoms with Gasteiger partial charge in [0.15, 0.2) is 23.0 Å². The standard InChI is InChI=1S/C28H29NO4/c1-19-14-26-28(32-13-12-31-26)15-21(19)8-9-24-23-17-25(30-2)27(16-22(23)10-11-29-24)33-18-20-6-4-3-5-7-20/h3-9,14-17,24,29H,10-13,18H2,1-2H3. The number of nitrogens with one attached hydrogen (secondary N) is 1. The summed E-state index contributed by atoms with van der Waals surface area (Å²) >= 11 is 0. The average Bonchev–Trinajstić information content (AvgIpc) is 2.86. The van der Waals surface area contributed by atoms with Crippen molar-refractivity contribution in [2.24, 2.45) is 0 Å². The number of methoxy groups -OCH3 is 1. The molecule has 0 aromatic heterocycles. The van der Waals surface area contributed by atoms with Gasteiger partial charge in [0, 0.05) is 6.54 Å². The number of hydrogen-bond acceptors (Lipinski definition) is 5. The molecule has 0 saturated carbocycles. The van der Waals surface area contributed by atoms with Gasteiger partial charge in [0.05, 0.1) is 13.2 Å². The van der Waals surface area contributed by atoms with Crippen LogP contribution in [0.1, 0.15) is 33.9 Å². The molecule has 2 aliphatic heterocycles. The number of rotatable bonds is 6. The van der Waals surface area contributed by atoms with Crippen LogP contribution in [-0.4, -0.2) is 26.9 Å². The van der Waals surface area contributed by atoms with Crippen LogP contribution in [0.5, 0.6) is 23.0 Å². The van der Waals surface area contributed by atoms with Gasteiger partial charge in [-0.2, -0.15) is 0 Å².